The molecule has 0 saturated heterocycles. The lowest BCUT2D eigenvalue weighted by Crippen LogP contribution is -2.11. The van der Waals surface area contributed by atoms with Crippen LogP contribution >= 0.6 is 0 Å². The summed E-state index contributed by atoms with van der Waals surface area (Å²) in [6.45, 7) is 0. The monoisotopic (exact) mass is 279 g/mol. The van der Waals surface area contributed by atoms with E-state index in [1.165, 1.54) is 36.6 Å². The fourth-order valence-corrected chi connectivity index (χ4v) is 2.65. The highest BCUT2D eigenvalue weighted by Crippen LogP contribution is 2.22. The molecule has 1 heterocycles. The van der Waals surface area contributed by atoms with Gasteiger partial charge in [0.25, 0.3) is 5.69 Å². The molecule has 0 aliphatic heterocycles. The van der Waals surface area contributed by atoms with Crippen LogP contribution in [0.3, 0.4) is 0 Å². The van der Waals surface area contributed by atoms with Gasteiger partial charge in [-0.2, -0.15) is 0 Å². The molecule has 2 aromatic rings. The fraction of sp³-hybridized carbons (Fsp3) is 0.0833. The van der Waals surface area contributed by atoms with Crippen LogP contribution in [0, 0.1) is 10.1 Å². The molecule has 0 bridgehead atoms. The van der Waals surface area contributed by atoms with Crippen LogP contribution in [0.1, 0.15) is 10.6 Å². The molecule has 7 heteroatoms. The molecule has 0 saturated carbocycles. The molecule has 0 amide bonds. The van der Waals surface area contributed by atoms with E-state index in [9.17, 15) is 19.1 Å². The summed E-state index contributed by atoms with van der Waals surface area (Å²) in [6.07, 6.45) is 1.33. The third-order valence-corrected chi connectivity index (χ3v) is 3.73. The molecule has 19 heavy (non-hydrogen) atoms. The summed E-state index contributed by atoms with van der Waals surface area (Å²) in [6, 6.07) is 8.65. The number of nitrogens with zero attached hydrogens (tertiary/aromatic N) is 1. The number of nitro groups is 1. The summed E-state index contributed by atoms with van der Waals surface area (Å²) < 4.78 is 16.9. The van der Waals surface area contributed by atoms with Gasteiger partial charge in [-0.15, -0.1) is 0 Å². The maximum Gasteiger partial charge on any atom is 0.285 e. The molecule has 1 aromatic carbocycles. The number of furan rings is 1. The van der Waals surface area contributed by atoms with Crippen LogP contribution in [0.4, 0.5) is 5.69 Å². The second-order valence-electron chi connectivity index (χ2n) is 3.62. The Morgan fingerprint density at radius 2 is 2.00 bits per heavy atom. The number of ketones is 1. The van der Waals surface area contributed by atoms with Gasteiger partial charge in [-0.05, 0) is 18.2 Å². The third kappa shape index (κ3) is 2.94. The molecular weight excluding hydrogens is 270 g/mol. The van der Waals surface area contributed by atoms with E-state index in [2.05, 4.69) is 0 Å². The lowest BCUT2D eigenvalue weighted by molar-refractivity contribution is -0.387. The molecule has 0 aliphatic rings. The van der Waals surface area contributed by atoms with Gasteiger partial charge in [0.05, 0.1) is 27.7 Å². The van der Waals surface area contributed by atoms with Crippen molar-refractivity contribution >= 4 is 22.3 Å². The van der Waals surface area contributed by atoms with Gasteiger partial charge < -0.3 is 4.42 Å². The molecule has 6 nitrogen and oxygen atoms in total. The molecule has 98 valence electrons. The summed E-state index contributed by atoms with van der Waals surface area (Å²) in [4.78, 5) is 21.9. The Labute approximate surface area is 110 Å². The Morgan fingerprint density at radius 3 is 2.63 bits per heavy atom. The highest BCUT2D eigenvalue weighted by Gasteiger charge is 2.21. The quantitative estimate of drug-likeness (QED) is 0.475. The number of nitro benzene ring substituents is 1. The van der Waals surface area contributed by atoms with Gasteiger partial charge in [-0.1, -0.05) is 12.1 Å². The third-order valence-electron chi connectivity index (χ3n) is 2.37. The summed E-state index contributed by atoms with van der Waals surface area (Å²) >= 11 is 0. The number of rotatable bonds is 5. The average Bonchev–Trinajstić information content (AvgIpc) is 2.92. The molecule has 1 unspecified atom stereocenters. The van der Waals surface area contributed by atoms with Crippen molar-refractivity contribution in [3.8, 4) is 0 Å². The van der Waals surface area contributed by atoms with Crippen molar-refractivity contribution < 1.29 is 18.3 Å². The zero-order valence-corrected chi connectivity index (χ0v) is 10.5. The normalized spacial score (nSPS) is 12.0. The highest BCUT2D eigenvalue weighted by molar-refractivity contribution is 7.86. The molecule has 0 spiro atoms. The Kier molecular flexibility index (Phi) is 3.86. The first kappa shape index (κ1) is 13.2. The predicted octanol–water partition coefficient (Wildman–Crippen LogP) is 2.18. The number of hydrogen-bond donors (Lipinski definition) is 0. The maximum atomic E-state index is 12.0. The topological polar surface area (TPSA) is 90.4 Å². The van der Waals surface area contributed by atoms with Gasteiger partial charge in [0.2, 0.25) is 5.78 Å². The van der Waals surface area contributed by atoms with Crippen molar-refractivity contribution in [1.82, 2.24) is 0 Å². The molecule has 0 radical (unpaired) electrons. The standard InChI is InChI=1S/C12H9NO5S/c14-10(11-5-3-7-18-11)8-19(17)12-6-2-1-4-9(12)13(15)16/h1-7H,8H2. The number of Topliss-reactive ketones (excluding diaryl/α,β-unsaturated/α-hetero) is 1. The van der Waals surface area contributed by atoms with Crippen LogP contribution in [0.2, 0.25) is 0 Å². The minimum absolute atomic E-state index is 0.0346. The van der Waals surface area contributed by atoms with Gasteiger partial charge >= 0.3 is 0 Å². The van der Waals surface area contributed by atoms with Gasteiger partial charge in [-0.25, -0.2) is 0 Å². The van der Waals surface area contributed by atoms with Crippen molar-refractivity contribution in [1.29, 1.82) is 0 Å². The van der Waals surface area contributed by atoms with E-state index in [-0.39, 0.29) is 22.1 Å². The molecule has 0 aliphatic carbocycles. The SMILES string of the molecule is O=C(CS(=O)c1ccccc1[N+](=O)[O-])c1ccco1. The molecule has 0 N–H and O–H groups in total. The lowest BCUT2D eigenvalue weighted by atomic mass is 10.3. The molecule has 1 aromatic heterocycles. The first-order valence-corrected chi connectivity index (χ1v) is 6.60. The Balaban J connectivity index is 2.21. The maximum absolute atomic E-state index is 12.0. The molecule has 1 atom stereocenters. The van der Waals surface area contributed by atoms with E-state index in [1.54, 1.807) is 6.07 Å². The zero-order chi connectivity index (χ0) is 13.8. The van der Waals surface area contributed by atoms with Crippen LogP contribution in [0.25, 0.3) is 0 Å². The summed E-state index contributed by atoms with van der Waals surface area (Å²) in [7, 11) is -1.78. The number of para-hydroxylation sites is 1. The molecule has 2 rings (SSSR count). The minimum Gasteiger partial charge on any atom is -0.461 e. The summed E-state index contributed by atoms with van der Waals surface area (Å²) in [5, 5.41) is 10.8. The Hall–Kier alpha value is -2.28. The molecular formula is C12H9NO5S. The van der Waals surface area contributed by atoms with Crippen LogP contribution in [-0.4, -0.2) is 20.7 Å². The first-order valence-electron chi connectivity index (χ1n) is 5.28. The van der Waals surface area contributed by atoms with Crippen molar-refractivity contribution in [3.05, 3.63) is 58.5 Å². The smallest absolute Gasteiger partial charge is 0.285 e. The van der Waals surface area contributed by atoms with E-state index in [0.717, 1.165) is 0 Å². The lowest BCUT2D eigenvalue weighted by Gasteiger charge is -2.01. The van der Waals surface area contributed by atoms with E-state index in [0.29, 0.717) is 0 Å². The number of benzene rings is 1. The minimum atomic E-state index is -1.78. The van der Waals surface area contributed by atoms with E-state index in [1.807, 2.05) is 0 Å². The zero-order valence-electron chi connectivity index (χ0n) is 9.65. The number of hydrogen-bond acceptors (Lipinski definition) is 5. The van der Waals surface area contributed by atoms with Crippen molar-refractivity contribution in [2.45, 2.75) is 4.90 Å². The van der Waals surface area contributed by atoms with Crippen molar-refractivity contribution in [2.24, 2.45) is 0 Å². The number of carbonyl (C=O) groups is 1. The van der Waals surface area contributed by atoms with Crippen LogP contribution < -0.4 is 0 Å². The van der Waals surface area contributed by atoms with Crippen molar-refractivity contribution in [3.63, 3.8) is 0 Å². The van der Waals surface area contributed by atoms with E-state index in [4.69, 9.17) is 4.42 Å². The second-order valence-corrected chi connectivity index (χ2v) is 5.03. The predicted molar refractivity (Wildman–Crippen MR) is 67.4 cm³/mol. The van der Waals surface area contributed by atoms with Gasteiger partial charge in [0.15, 0.2) is 5.76 Å². The summed E-state index contributed by atoms with van der Waals surface area (Å²) in [5.41, 5.74) is -0.256. The second kappa shape index (κ2) is 5.57. The molecule has 0 fully saturated rings. The van der Waals surface area contributed by atoms with Crippen LogP contribution in [0.5, 0.6) is 0 Å². The van der Waals surface area contributed by atoms with Crippen molar-refractivity contribution in [2.75, 3.05) is 5.75 Å². The number of carbonyl (C=O) groups excluding carboxylic acids is 1. The van der Waals surface area contributed by atoms with Gasteiger partial charge in [0, 0.05) is 6.07 Å². The van der Waals surface area contributed by atoms with E-state index < -0.39 is 21.5 Å². The highest BCUT2D eigenvalue weighted by atomic mass is 32.2. The van der Waals surface area contributed by atoms with Crippen LogP contribution in [0.15, 0.2) is 52.0 Å². The largest absolute Gasteiger partial charge is 0.461 e. The average molecular weight is 279 g/mol. The fourth-order valence-electron chi connectivity index (χ4n) is 1.51. The Morgan fingerprint density at radius 1 is 1.26 bits per heavy atom. The van der Waals surface area contributed by atoms with Crippen LogP contribution in [-0.2, 0) is 10.8 Å². The van der Waals surface area contributed by atoms with E-state index >= 15 is 0 Å². The van der Waals surface area contributed by atoms with Gasteiger partial charge in [-0.3, -0.25) is 19.1 Å². The van der Waals surface area contributed by atoms with Gasteiger partial charge in [0.1, 0.15) is 4.90 Å². The Bertz CT molecular complexity index is 635. The first-order chi connectivity index (χ1) is 9.09. The summed E-state index contributed by atoms with van der Waals surface area (Å²) in [5.74, 6) is -0.716.